The summed E-state index contributed by atoms with van der Waals surface area (Å²) in [6.07, 6.45) is -3.14. The quantitative estimate of drug-likeness (QED) is 0.223. The molecule has 2 aromatic heterocycles. The molecule has 4 rings (SSSR count). The normalized spacial score (nSPS) is 12.0. The maximum atomic E-state index is 12.9. The minimum absolute atomic E-state index is 0.144. The van der Waals surface area contributed by atoms with Gasteiger partial charge in [-0.05, 0) is 36.4 Å². The van der Waals surface area contributed by atoms with Crippen molar-refractivity contribution in [2.75, 3.05) is 5.75 Å². The Bertz CT molecular complexity index is 1210. The molecule has 0 atom stereocenters. The molecule has 5 nitrogen and oxygen atoms in total. The molecule has 10 heteroatoms. The molecule has 0 bridgehead atoms. The van der Waals surface area contributed by atoms with Crippen LogP contribution < -0.4 is 5.43 Å². The SMILES string of the molecule is O=C(CSc1nc2ccccc2s1)NN=Cc1ccc(-c2cccc(C(F)(F)F)c2)o1. The van der Waals surface area contributed by atoms with Crippen molar-refractivity contribution >= 4 is 45.4 Å². The molecule has 0 unspecified atom stereocenters. The van der Waals surface area contributed by atoms with Gasteiger partial charge in [-0.2, -0.15) is 18.3 Å². The van der Waals surface area contributed by atoms with Crippen molar-refractivity contribution in [1.29, 1.82) is 0 Å². The van der Waals surface area contributed by atoms with Gasteiger partial charge in [0.25, 0.3) is 5.91 Å². The zero-order valence-corrected chi connectivity index (χ0v) is 17.4. The first-order valence-corrected chi connectivity index (χ1v) is 10.8. The average molecular weight is 461 g/mol. The molecule has 0 aliphatic rings. The molecule has 0 radical (unpaired) electrons. The van der Waals surface area contributed by atoms with Crippen LogP contribution in [0.3, 0.4) is 0 Å². The lowest BCUT2D eigenvalue weighted by atomic mass is 10.1. The number of carbonyl (C=O) groups excluding carboxylic acids is 1. The van der Waals surface area contributed by atoms with Gasteiger partial charge in [-0.1, -0.05) is 36.0 Å². The number of halogens is 3. The summed E-state index contributed by atoms with van der Waals surface area (Å²) in [5.74, 6) is 0.395. The number of fused-ring (bicyclic) bond motifs is 1. The minimum atomic E-state index is -4.43. The number of thiazole rings is 1. The molecule has 2 aromatic carbocycles. The second-order valence-electron chi connectivity index (χ2n) is 6.31. The van der Waals surface area contributed by atoms with Gasteiger partial charge in [0, 0.05) is 5.56 Å². The zero-order chi connectivity index (χ0) is 21.8. The van der Waals surface area contributed by atoms with E-state index >= 15 is 0 Å². The first-order chi connectivity index (χ1) is 14.9. The van der Waals surface area contributed by atoms with Crippen molar-refractivity contribution in [3.8, 4) is 11.3 Å². The Labute approximate surface area is 183 Å². The number of nitrogens with one attached hydrogen (secondary N) is 1. The molecule has 158 valence electrons. The standard InChI is InChI=1S/C21H14F3N3O2S2/c22-21(23,24)14-5-3-4-13(10-14)17-9-8-15(29-17)11-25-27-19(28)12-30-20-26-16-6-1-2-7-18(16)31-20/h1-11H,12H2,(H,27,28). The van der Waals surface area contributed by atoms with Gasteiger partial charge in [0.2, 0.25) is 0 Å². The molecule has 1 N–H and O–H groups in total. The molecule has 0 aliphatic heterocycles. The van der Waals surface area contributed by atoms with Gasteiger partial charge in [0.05, 0.1) is 27.7 Å². The van der Waals surface area contributed by atoms with E-state index in [2.05, 4.69) is 15.5 Å². The first-order valence-electron chi connectivity index (χ1n) is 8.96. The van der Waals surface area contributed by atoms with Crippen molar-refractivity contribution in [2.45, 2.75) is 10.5 Å². The number of para-hydroxylation sites is 1. The Hall–Kier alpha value is -3.11. The fourth-order valence-corrected chi connectivity index (χ4v) is 4.53. The Kier molecular flexibility index (Phi) is 6.10. The van der Waals surface area contributed by atoms with Crippen LogP contribution in [-0.4, -0.2) is 22.9 Å². The van der Waals surface area contributed by atoms with Gasteiger partial charge in [0.15, 0.2) is 4.34 Å². The highest BCUT2D eigenvalue weighted by Crippen LogP contribution is 2.32. The lowest BCUT2D eigenvalue weighted by Gasteiger charge is -2.07. The molecule has 0 saturated carbocycles. The minimum Gasteiger partial charge on any atom is -0.455 e. The van der Waals surface area contributed by atoms with Crippen molar-refractivity contribution in [1.82, 2.24) is 10.4 Å². The van der Waals surface area contributed by atoms with Gasteiger partial charge in [-0.3, -0.25) is 4.79 Å². The van der Waals surface area contributed by atoms with E-state index in [0.717, 1.165) is 26.7 Å². The third-order valence-electron chi connectivity index (χ3n) is 4.08. The van der Waals surface area contributed by atoms with E-state index in [-0.39, 0.29) is 17.4 Å². The molecule has 0 fully saturated rings. The van der Waals surface area contributed by atoms with E-state index < -0.39 is 11.7 Å². The summed E-state index contributed by atoms with van der Waals surface area (Å²) in [7, 11) is 0. The van der Waals surface area contributed by atoms with Crippen LogP contribution in [0.15, 0.2) is 74.5 Å². The van der Waals surface area contributed by atoms with Crippen LogP contribution in [0, 0.1) is 0 Å². The van der Waals surface area contributed by atoms with Gasteiger partial charge in [-0.25, -0.2) is 10.4 Å². The van der Waals surface area contributed by atoms with E-state index in [1.165, 1.54) is 41.4 Å². The Morgan fingerprint density at radius 3 is 2.81 bits per heavy atom. The number of rotatable bonds is 6. The summed E-state index contributed by atoms with van der Waals surface area (Å²) in [6.45, 7) is 0. The fraction of sp³-hybridized carbons (Fsp3) is 0.0952. The van der Waals surface area contributed by atoms with Crippen LogP contribution in [-0.2, 0) is 11.0 Å². The van der Waals surface area contributed by atoms with Crippen molar-refractivity contribution < 1.29 is 22.4 Å². The second-order valence-corrected chi connectivity index (χ2v) is 8.56. The number of hydrogen-bond acceptors (Lipinski definition) is 6. The number of carbonyl (C=O) groups is 1. The van der Waals surface area contributed by atoms with Crippen LogP contribution in [0.1, 0.15) is 11.3 Å². The molecule has 0 spiro atoms. The number of hydrazone groups is 1. The van der Waals surface area contributed by atoms with Crippen LogP contribution >= 0.6 is 23.1 Å². The van der Waals surface area contributed by atoms with Crippen LogP contribution in [0.2, 0.25) is 0 Å². The fourth-order valence-electron chi connectivity index (χ4n) is 2.67. The number of furan rings is 1. The topological polar surface area (TPSA) is 67.5 Å². The van der Waals surface area contributed by atoms with Gasteiger partial charge >= 0.3 is 6.18 Å². The second kappa shape index (κ2) is 8.94. The molecular formula is C21H14F3N3O2S2. The molecule has 31 heavy (non-hydrogen) atoms. The maximum Gasteiger partial charge on any atom is 0.416 e. The van der Waals surface area contributed by atoms with Gasteiger partial charge in [-0.15, -0.1) is 11.3 Å². The summed E-state index contributed by atoms with van der Waals surface area (Å²) in [6, 6.07) is 15.7. The van der Waals surface area contributed by atoms with E-state index in [9.17, 15) is 18.0 Å². The van der Waals surface area contributed by atoms with Crippen molar-refractivity contribution in [3.63, 3.8) is 0 Å². The highest BCUT2D eigenvalue weighted by molar-refractivity contribution is 8.01. The van der Waals surface area contributed by atoms with E-state index in [0.29, 0.717) is 11.3 Å². The predicted octanol–water partition coefficient (Wildman–Crippen LogP) is 5.82. The Morgan fingerprint density at radius 1 is 1.16 bits per heavy atom. The van der Waals surface area contributed by atoms with Crippen LogP contribution in [0.5, 0.6) is 0 Å². The number of nitrogens with zero attached hydrogens (tertiary/aromatic N) is 2. The number of amides is 1. The molecule has 0 aliphatic carbocycles. The van der Waals surface area contributed by atoms with Gasteiger partial charge < -0.3 is 4.42 Å². The number of thioether (sulfide) groups is 1. The smallest absolute Gasteiger partial charge is 0.416 e. The van der Waals surface area contributed by atoms with E-state index in [1.54, 1.807) is 12.1 Å². The molecule has 0 saturated heterocycles. The lowest BCUT2D eigenvalue weighted by Crippen LogP contribution is -2.19. The number of hydrogen-bond donors (Lipinski definition) is 1. The first kappa shape index (κ1) is 21.1. The largest absolute Gasteiger partial charge is 0.455 e. The van der Waals surface area contributed by atoms with Crippen LogP contribution in [0.4, 0.5) is 13.2 Å². The lowest BCUT2D eigenvalue weighted by molar-refractivity contribution is -0.137. The number of alkyl halides is 3. The van der Waals surface area contributed by atoms with Crippen molar-refractivity contribution in [2.24, 2.45) is 5.10 Å². The molecule has 2 heterocycles. The highest BCUT2D eigenvalue weighted by atomic mass is 32.2. The average Bonchev–Trinajstić information content (AvgIpc) is 3.38. The molecule has 1 amide bonds. The number of benzene rings is 2. The highest BCUT2D eigenvalue weighted by Gasteiger charge is 2.30. The maximum absolute atomic E-state index is 12.9. The monoisotopic (exact) mass is 461 g/mol. The molecular weight excluding hydrogens is 447 g/mol. The van der Waals surface area contributed by atoms with E-state index in [4.69, 9.17) is 4.42 Å². The summed E-state index contributed by atoms with van der Waals surface area (Å²) >= 11 is 2.82. The summed E-state index contributed by atoms with van der Waals surface area (Å²) < 4.78 is 45.9. The summed E-state index contributed by atoms with van der Waals surface area (Å²) in [5.41, 5.74) is 2.82. The zero-order valence-electron chi connectivity index (χ0n) is 15.7. The number of aromatic nitrogens is 1. The third-order valence-corrected chi connectivity index (χ3v) is 6.26. The van der Waals surface area contributed by atoms with Gasteiger partial charge in [0.1, 0.15) is 11.5 Å². The summed E-state index contributed by atoms with van der Waals surface area (Å²) in [5, 5.41) is 3.83. The van der Waals surface area contributed by atoms with Crippen molar-refractivity contribution in [3.05, 3.63) is 72.0 Å². The van der Waals surface area contributed by atoms with Crippen LogP contribution in [0.25, 0.3) is 21.5 Å². The van der Waals surface area contributed by atoms with E-state index in [1.807, 2.05) is 24.3 Å². The third kappa shape index (κ3) is 5.33. The molecule has 4 aromatic rings. The Morgan fingerprint density at radius 2 is 2.00 bits per heavy atom. The predicted molar refractivity (Wildman–Crippen MR) is 115 cm³/mol. The summed E-state index contributed by atoms with van der Waals surface area (Å²) in [4.78, 5) is 16.4. The Balaban J connectivity index is 1.32.